The molecule has 4 rings (SSSR count). The Morgan fingerprint density at radius 3 is 2.25 bits per heavy atom. The molecule has 0 unspecified atom stereocenters. The second kappa shape index (κ2) is 5.76. The predicted molar refractivity (Wildman–Crippen MR) is 77.7 cm³/mol. The number of carbonyl (C=O) groups is 1. The molecule has 1 amide bonds. The number of hydrogen-bond donors (Lipinski definition) is 1. The van der Waals surface area contributed by atoms with Crippen molar-refractivity contribution in [3.63, 3.8) is 0 Å². The smallest absolute Gasteiger partial charge is 0.220 e. The monoisotopic (exact) mass is 274 g/mol. The Bertz CT molecular complexity index is 374. The summed E-state index contributed by atoms with van der Waals surface area (Å²) >= 11 is 0. The highest BCUT2D eigenvalue weighted by Crippen LogP contribution is 2.61. The summed E-state index contributed by atoms with van der Waals surface area (Å²) in [5.74, 6) is 3.02. The van der Waals surface area contributed by atoms with Gasteiger partial charge in [-0.25, -0.2) is 0 Å². The lowest BCUT2D eigenvalue weighted by molar-refractivity contribution is -0.129. The van der Waals surface area contributed by atoms with Gasteiger partial charge in [-0.05, 0) is 74.5 Å². The lowest BCUT2D eigenvalue weighted by Crippen LogP contribution is -2.48. The Kier molecular flexibility index (Phi) is 4.01. The zero-order valence-electron chi connectivity index (χ0n) is 12.4. The molecule has 4 aliphatic carbocycles. The average molecular weight is 274 g/mol. The van der Waals surface area contributed by atoms with Crippen LogP contribution in [0.15, 0.2) is 0 Å². The molecule has 3 heteroatoms. The van der Waals surface area contributed by atoms with E-state index in [9.17, 15) is 4.79 Å². The van der Waals surface area contributed by atoms with Gasteiger partial charge in [-0.1, -0.05) is 0 Å². The number of nitriles is 1. The number of nitrogens with one attached hydrogen (secondary N) is 1. The fraction of sp³-hybridized carbons (Fsp3) is 0.882. The molecular weight excluding hydrogens is 248 g/mol. The molecule has 0 spiro atoms. The summed E-state index contributed by atoms with van der Waals surface area (Å²) in [6, 6.07) is 2.15. The van der Waals surface area contributed by atoms with Crippen LogP contribution in [0.2, 0.25) is 0 Å². The van der Waals surface area contributed by atoms with Gasteiger partial charge in [0, 0.05) is 19.4 Å². The van der Waals surface area contributed by atoms with E-state index >= 15 is 0 Å². The van der Waals surface area contributed by atoms with Crippen molar-refractivity contribution in [3.05, 3.63) is 0 Å². The number of rotatable bonds is 6. The Morgan fingerprint density at radius 2 is 1.70 bits per heavy atom. The van der Waals surface area contributed by atoms with E-state index in [-0.39, 0.29) is 5.91 Å². The Hall–Kier alpha value is -1.04. The van der Waals surface area contributed by atoms with Crippen LogP contribution in [0.4, 0.5) is 0 Å². The number of unbranched alkanes of at least 4 members (excludes halogenated alkanes) is 2. The topological polar surface area (TPSA) is 52.9 Å². The summed E-state index contributed by atoms with van der Waals surface area (Å²) in [6.07, 6.45) is 11.4. The molecule has 110 valence electrons. The van der Waals surface area contributed by atoms with E-state index in [1.54, 1.807) is 0 Å². The van der Waals surface area contributed by atoms with Crippen molar-refractivity contribution >= 4 is 5.91 Å². The third kappa shape index (κ3) is 3.00. The second-order valence-corrected chi connectivity index (χ2v) is 7.56. The van der Waals surface area contributed by atoms with Gasteiger partial charge in [0.1, 0.15) is 0 Å². The molecule has 4 fully saturated rings. The molecule has 20 heavy (non-hydrogen) atoms. The molecule has 4 aliphatic rings. The number of carbonyl (C=O) groups excluding carboxylic acids is 1. The largest absolute Gasteiger partial charge is 0.356 e. The van der Waals surface area contributed by atoms with E-state index in [1.165, 1.54) is 38.5 Å². The molecule has 0 atom stereocenters. The van der Waals surface area contributed by atoms with Gasteiger partial charge in [0.2, 0.25) is 5.91 Å². The molecule has 0 saturated heterocycles. The first-order valence-corrected chi connectivity index (χ1v) is 8.33. The Morgan fingerprint density at radius 1 is 1.10 bits per heavy atom. The van der Waals surface area contributed by atoms with Crippen molar-refractivity contribution in [3.8, 4) is 6.07 Å². The fourth-order valence-corrected chi connectivity index (χ4v) is 5.47. The third-order valence-electron chi connectivity index (χ3n) is 5.74. The third-order valence-corrected chi connectivity index (χ3v) is 5.74. The van der Waals surface area contributed by atoms with Crippen molar-refractivity contribution < 1.29 is 4.79 Å². The molecule has 0 aliphatic heterocycles. The van der Waals surface area contributed by atoms with Crippen LogP contribution < -0.4 is 5.32 Å². The second-order valence-electron chi connectivity index (χ2n) is 7.56. The highest BCUT2D eigenvalue weighted by atomic mass is 16.1. The minimum absolute atomic E-state index is 0.254. The van der Waals surface area contributed by atoms with E-state index in [0.717, 1.165) is 43.6 Å². The lowest BCUT2D eigenvalue weighted by atomic mass is 9.49. The van der Waals surface area contributed by atoms with Gasteiger partial charge < -0.3 is 5.32 Å². The number of nitrogens with zero attached hydrogens (tertiary/aromatic N) is 1. The van der Waals surface area contributed by atoms with Crippen LogP contribution in [0.25, 0.3) is 0 Å². The molecule has 0 aromatic heterocycles. The van der Waals surface area contributed by atoms with E-state index < -0.39 is 0 Å². The van der Waals surface area contributed by atoms with Crippen molar-refractivity contribution in [1.82, 2.24) is 5.32 Å². The molecule has 4 bridgehead atoms. The van der Waals surface area contributed by atoms with Gasteiger partial charge in [-0.3, -0.25) is 4.79 Å². The summed E-state index contributed by atoms with van der Waals surface area (Å²) in [6.45, 7) is 0.743. The minimum atomic E-state index is 0.254. The van der Waals surface area contributed by atoms with Crippen LogP contribution in [0.1, 0.15) is 64.2 Å². The van der Waals surface area contributed by atoms with Crippen LogP contribution in [-0.2, 0) is 4.79 Å². The molecule has 0 aromatic rings. The molecule has 0 aromatic carbocycles. The summed E-state index contributed by atoms with van der Waals surface area (Å²) < 4.78 is 0. The highest BCUT2D eigenvalue weighted by Gasteiger charge is 2.51. The molecule has 3 nitrogen and oxygen atoms in total. The standard InChI is InChI=1S/C17H26N2O/c18-4-2-1-3-5-19-16(20)12-17-9-13-6-14(10-17)8-15(7-13)11-17/h13-15H,1-3,5-12H2,(H,19,20). The van der Waals surface area contributed by atoms with Gasteiger partial charge in [0.25, 0.3) is 0 Å². The summed E-state index contributed by atoms with van der Waals surface area (Å²) in [4.78, 5) is 12.2. The van der Waals surface area contributed by atoms with Gasteiger partial charge in [-0.2, -0.15) is 5.26 Å². The van der Waals surface area contributed by atoms with Crippen LogP contribution in [0.3, 0.4) is 0 Å². The molecular formula is C17H26N2O. The molecule has 0 heterocycles. The van der Waals surface area contributed by atoms with E-state index in [1.807, 2.05) is 0 Å². The van der Waals surface area contributed by atoms with E-state index in [0.29, 0.717) is 11.8 Å². The quantitative estimate of drug-likeness (QED) is 0.755. The fourth-order valence-electron chi connectivity index (χ4n) is 5.47. The first-order valence-electron chi connectivity index (χ1n) is 8.33. The predicted octanol–water partition coefficient (Wildman–Crippen LogP) is 3.40. The van der Waals surface area contributed by atoms with E-state index in [2.05, 4.69) is 11.4 Å². The first kappa shape index (κ1) is 13.9. The van der Waals surface area contributed by atoms with Crippen molar-refractivity contribution in [1.29, 1.82) is 5.26 Å². The first-order chi connectivity index (χ1) is 9.69. The summed E-state index contributed by atoms with van der Waals surface area (Å²) in [5, 5.41) is 11.5. The van der Waals surface area contributed by atoms with Gasteiger partial charge >= 0.3 is 0 Å². The van der Waals surface area contributed by atoms with E-state index in [4.69, 9.17) is 5.26 Å². The maximum atomic E-state index is 12.2. The van der Waals surface area contributed by atoms with Crippen LogP contribution in [0.5, 0.6) is 0 Å². The summed E-state index contributed by atoms with van der Waals surface area (Å²) in [7, 11) is 0. The van der Waals surface area contributed by atoms with Gasteiger partial charge in [-0.15, -0.1) is 0 Å². The highest BCUT2D eigenvalue weighted by molar-refractivity contribution is 5.76. The molecule has 0 radical (unpaired) electrons. The molecule has 1 N–H and O–H groups in total. The number of amides is 1. The van der Waals surface area contributed by atoms with Crippen LogP contribution in [-0.4, -0.2) is 12.5 Å². The maximum absolute atomic E-state index is 12.2. The maximum Gasteiger partial charge on any atom is 0.220 e. The average Bonchev–Trinajstić information content (AvgIpc) is 2.36. The SMILES string of the molecule is N#CCCCCNC(=O)CC12CC3CC(CC(C3)C1)C2. The van der Waals surface area contributed by atoms with Crippen LogP contribution >= 0.6 is 0 Å². The molecule has 4 saturated carbocycles. The van der Waals surface area contributed by atoms with Gasteiger partial charge in [0.15, 0.2) is 0 Å². The van der Waals surface area contributed by atoms with Crippen molar-refractivity contribution in [2.24, 2.45) is 23.2 Å². The lowest BCUT2D eigenvalue weighted by Gasteiger charge is -2.56. The number of hydrogen-bond acceptors (Lipinski definition) is 2. The normalized spacial score (nSPS) is 37.6. The zero-order chi connectivity index (χ0) is 14.0. The minimum Gasteiger partial charge on any atom is -0.356 e. The van der Waals surface area contributed by atoms with Gasteiger partial charge in [0.05, 0.1) is 6.07 Å². The Labute approximate surface area is 122 Å². The Balaban J connectivity index is 1.45. The summed E-state index contributed by atoms with van der Waals surface area (Å²) in [5.41, 5.74) is 0.353. The van der Waals surface area contributed by atoms with Crippen LogP contribution in [0, 0.1) is 34.5 Å². The zero-order valence-corrected chi connectivity index (χ0v) is 12.4. The van der Waals surface area contributed by atoms with Crippen molar-refractivity contribution in [2.75, 3.05) is 6.54 Å². The van der Waals surface area contributed by atoms with Crippen molar-refractivity contribution in [2.45, 2.75) is 64.2 Å².